The predicted octanol–water partition coefficient (Wildman–Crippen LogP) is 2.04. The molecule has 15 heavy (non-hydrogen) atoms. The quantitative estimate of drug-likeness (QED) is 0.749. The number of anilines is 1. The monoisotopic (exact) mass is 205 g/mol. The molecule has 0 saturated carbocycles. The molecule has 1 atom stereocenters. The Bertz CT molecular complexity index is 593. The number of hydrogen-bond acceptors (Lipinski definition) is 3. The first-order valence-electron chi connectivity index (χ1n) is 6.11. The highest BCUT2D eigenvalue weighted by Gasteiger charge is 2.21. The molecule has 0 spiro atoms. The van der Waals surface area contributed by atoms with Crippen LogP contribution in [0.2, 0.25) is 0 Å². The lowest BCUT2D eigenvalue weighted by atomic mass is 10.0. The Hall–Kier alpha value is -1.61. The molecule has 3 N–H and O–H groups in total. The maximum absolute atomic E-state index is 10.2. The molecular formula is C12H14N2O. The molecule has 1 unspecified atom stereocenters. The minimum Gasteiger partial charge on any atom is -0.397 e. The van der Waals surface area contributed by atoms with Crippen LogP contribution in [-0.2, 0) is 5.60 Å². The fourth-order valence-corrected chi connectivity index (χ4v) is 1.52. The van der Waals surface area contributed by atoms with Crippen molar-refractivity contribution < 1.29 is 9.22 Å². The molecule has 1 heterocycles. The van der Waals surface area contributed by atoms with Gasteiger partial charge in [0.2, 0.25) is 0 Å². The number of rotatable bonds is 1. The first kappa shape index (κ1) is 6.80. The topological polar surface area (TPSA) is 59.1 Å². The van der Waals surface area contributed by atoms with Crippen molar-refractivity contribution in [2.75, 3.05) is 5.73 Å². The van der Waals surface area contributed by atoms with Gasteiger partial charge < -0.3 is 10.8 Å². The largest absolute Gasteiger partial charge is 0.397 e. The molecule has 78 valence electrons. The van der Waals surface area contributed by atoms with Crippen molar-refractivity contribution in [2.45, 2.75) is 19.4 Å². The molecule has 3 heteroatoms. The molecule has 2 rings (SSSR count). The van der Waals surface area contributed by atoms with E-state index >= 15 is 0 Å². The second-order valence-corrected chi connectivity index (χ2v) is 3.69. The summed E-state index contributed by atoms with van der Waals surface area (Å²) in [5, 5.41) is 11.0. The zero-order chi connectivity index (χ0) is 13.6. The van der Waals surface area contributed by atoms with E-state index in [9.17, 15) is 5.11 Å². The first-order chi connectivity index (χ1) is 8.23. The minimum atomic E-state index is -2.59. The van der Waals surface area contributed by atoms with Gasteiger partial charge in [-0.1, -0.05) is 18.2 Å². The van der Waals surface area contributed by atoms with E-state index < -0.39 is 12.5 Å². The summed E-state index contributed by atoms with van der Waals surface area (Å²) in [4.78, 5) is 4.18. The number of nitrogen functional groups attached to an aromatic ring is 1. The van der Waals surface area contributed by atoms with E-state index in [1.807, 2.05) is 12.1 Å². The fraction of sp³-hybridized carbons (Fsp3) is 0.250. The van der Waals surface area contributed by atoms with E-state index in [4.69, 9.17) is 9.85 Å². The molecule has 0 saturated heterocycles. The molecule has 1 aromatic heterocycles. The van der Waals surface area contributed by atoms with Crippen molar-refractivity contribution in [2.24, 2.45) is 0 Å². The van der Waals surface area contributed by atoms with Gasteiger partial charge >= 0.3 is 0 Å². The van der Waals surface area contributed by atoms with Gasteiger partial charge in [-0.05, 0) is 25.9 Å². The predicted molar refractivity (Wildman–Crippen MR) is 61.4 cm³/mol. The number of nitrogens with zero attached hydrogens (tertiary/aromatic N) is 1. The highest BCUT2D eigenvalue weighted by Crippen LogP contribution is 2.26. The van der Waals surface area contributed by atoms with Crippen LogP contribution in [0.1, 0.15) is 23.6 Å². The van der Waals surface area contributed by atoms with Gasteiger partial charge in [0.05, 0.1) is 16.9 Å². The number of pyridine rings is 1. The van der Waals surface area contributed by atoms with Crippen LogP contribution in [0.3, 0.4) is 0 Å². The first-order valence-corrected chi connectivity index (χ1v) is 4.61. The lowest BCUT2D eigenvalue weighted by Gasteiger charge is -2.19. The second-order valence-electron chi connectivity index (χ2n) is 3.69. The van der Waals surface area contributed by atoms with Crippen LogP contribution in [0.5, 0.6) is 0 Å². The maximum atomic E-state index is 10.2. The summed E-state index contributed by atoms with van der Waals surface area (Å²) in [5.74, 6) is 0. The number of benzene rings is 1. The highest BCUT2D eigenvalue weighted by molar-refractivity contribution is 5.82. The van der Waals surface area contributed by atoms with Gasteiger partial charge in [0.1, 0.15) is 5.60 Å². The van der Waals surface area contributed by atoms with Crippen molar-refractivity contribution in [3.63, 3.8) is 0 Å². The van der Waals surface area contributed by atoms with E-state index in [1.165, 1.54) is 6.92 Å². The molecule has 1 aromatic carbocycles. The number of aliphatic hydroxyl groups is 1. The van der Waals surface area contributed by atoms with Crippen LogP contribution in [0.15, 0.2) is 30.3 Å². The molecule has 3 nitrogen and oxygen atoms in total. The van der Waals surface area contributed by atoms with E-state index in [2.05, 4.69) is 4.98 Å². The maximum Gasteiger partial charge on any atom is 0.103 e. The lowest BCUT2D eigenvalue weighted by Crippen LogP contribution is -2.19. The Labute approximate surface area is 92.8 Å². The van der Waals surface area contributed by atoms with Gasteiger partial charge in [0.15, 0.2) is 0 Å². The van der Waals surface area contributed by atoms with Gasteiger partial charge in [-0.2, -0.15) is 0 Å². The molecule has 0 fully saturated rings. The third kappa shape index (κ3) is 1.78. The Balaban J connectivity index is 2.68. The normalized spacial score (nSPS) is 18.9. The summed E-state index contributed by atoms with van der Waals surface area (Å²) >= 11 is 0. The molecule has 2 aromatic rings. The molecule has 0 radical (unpaired) electrons. The Morgan fingerprint density at radius 3 is 2.93 bits per heavy atom. The van der Waals surface area contributed by atoms with Crippen molar-refractivity contribution in [3.8, 4) is 0 Å². The summed E-state index contributed by atoms with van der Waals surface area (Å²) in [7, 11) is 0. The summed E-state index contributed by atoms with van der Waals surface area (Å²) in [6.07, 6.45) is 0. The SMILES string of the molecule is [2H]C([2H])([2H])C(C)(O)c1nc2ccccc2cc1N. The van der Waals surface area contributed by atoms with E-state index in [0.717, 1.165) is 5.39 Å². The summed E-state index contributed by atoms with van der Waals surface area (Å²) in [6, 6.07) is 8.82. The van der Waals surface area contributed by atoms with E-state index in [1.54, 1.807) is 18.2 Å². The Kier molecular flexibility index (Phi) is 1.45. The van der Waals surface area contributed by atoms with E-state index in [0.29, 0.717) is 5.52 Å². The molecule has 0 aliphatic rings. The van der Waals surface area contributed by atoms with Gasteiger partial charge in [-0.3, -0.25) is 0 Å². The Morgan fingerprint density at radius 2 is 2.20 bits per heavy atom. The minimum absolute atomic E-state index is 0.0128. The van der Waals surface area contributed by atoms with Crippen molar-refractivity contribution in [1.82, 2.24) is 4.98 Å². The average Bonchev–Trinajstić information content (AvgIpc) is 2.26. The summed E-state index contributed by atoms with van der Waals surface area (Å²) in [6.45, 7) is -1.38. The van der Waals surface area contributed by atoms with Crippen LogP contribution in [0.25, 0.3) is 10.9 Å². The number of hydrogen-bond donors (Lipinski definition) is 2. The van der Waals surface area contributed by atoms with Crippen molar-refractivity contribution >= 4 is 16.6 Å². The molecular weight excluding hydrogens is 188 g/mol. The standard InChI is InChI=1S/C12H14N2O/c1-12(2,15)11-9(13)7-8-5-3-4-6-10(8)14-11/h3-7,15H,13H2,1-2H3/i1D3. The molecule has 0 aliphatic carbocycles. The number of nitrogens with two attached hydrogens (primary N) is 1. The molecule has 0 aliphatic heterocycles. The highest BCUT2D eigenvalue weighted by atomic mass is 16.3. The Morgan fingerprint density at radius 1 is 1.47 bits per heavy atom. The van der Waals surface area contributed by atoms with Crippen molar-refractivity contribution in [1.29, 1.82) is 0 Å². The van der Waals surface area contributed by atoms with Crippen LogP contribution < -0.4 is 5.73 Å². The average molecular weight is 205 g/mol. The smallest absolute Gasteiger partial charge is 0.103 e. The van der Waals surface area contributed by atoms with Gasteiger partial charge in [0.25, 0.3) is 0 Å². The van der Waals surface area contributed by atoms with Gasteiger partial charge in [-0.25, -0.2) is 4.98 Å². The van der Waals surface area contributed by atoms with Gasteiger partial charge in [-0.15, -0.1) is 0 Å². The second kappa shape index (κ2) is 3.21. The van der Waals surface area contributed by atoms with Gasteiger partial charge in [0, 0.05) is 9.50 Å². The zero-order valence-corrected chi connectivity index (χ0v) is 8.36. The summed E-state index contributed by atoms with van der Waals surface area (Å²) in [5.41, 5.74) is 4.49. The van der Waals surface area contributed by atoms with Crippen LogP contribution in [0.4, 0.5) is 5.69 Å². The number of fused-ring (bicyclic) bond motifs is 1. The number of aromatic nitrogens is 1. The molecule has 0 amide bonds. The van der Waals surface area contributed by atoms with Crippen LogP contribution in [-0.4, -0.2) is 10.1 Å². The van der Waals surface area contributed by atoms with Crippen molar-refractivity contribution in [3.05, 3.63) is 36.0 Å². The third-order valence-corrected chi connectivity index (χ3v) is 2.21. The summed E-state index contributed by atoms with van der Waals surface area (Å²) < 4.78 is 22.1. The molecule has 0 bridgehead atoms. The zero-order valence-electron chi connectivity index (χ0n) is 11.4. The third-order valence-electron chi connectivity index (χ3n) is 2.21. The fourth-order valence-electron chi connectivity index (χ4n) is 1.52. The number of para-hydroxylation sites is 1. The van der Waals surface area contributed by atoms with E-state index in [-0.39, 0.29) is 11.4 Å². The van der Waals surface area contributed by atoms with Crippen LogP contribution >= 0.6 is 0 Å². The van der Waals surface area contributed by atoms with Crippen LogP contribution in [0, 0.1) is 0 Å². The lowest BCUT2D eigenvalue weighted by molar-refractivity contribution is 0.0751.